The Balaban J connectivity index is 1.69. The summed E-state index contributed by atoms with van der Waals surface area (Å²) in [7, 11) is 3.16. The molecular weight excluding hydrogens is 398 g/mol. The van der Waals surface area contributed by atoms with Crippen molar-refractivity contribution >= 4 is 17.8 Å². The summed E-state index contributed by atoms with van der Waals surface area (Å²) in [6.07, 6.45) is 1.59. The second kappa shape index (κ2) is 9.71. The lowest BCUT2D eigenvalue weighted by Gasteiger charge is -2.11. The number of carbonyl (C=O) groups excluding carboxylic acids is 3. The summed E-state index contributed by atoms with van der Waals surface area (Å²) in [5, 5.41) is 2.40. The Bertz CT molecular complexity index is 1090. The molecule has 0 spiro atoms. The molecule has 1 heterocycles. The summed E-state index contributed by atoms with van der Waals surface area (Å²) >= 11 is 0. The monoisotopic (exact) mass is 421 g/mol. The predicted octanol–water partition coefficient (Wildman–Crippen LogP) is 2.68. The topological polar surface area (TPSA) is 102 Å². The molecule has 0 fully saturated rings. The Hall–Kier alpha value is -3.94. The summed E-state index contributed by atoms with van der Waals surface area (Å²) < 4.78 is 11.0. The van der Waals surface area contributed by atoms with Crippen LogP contribution in [0.2, 0.25) is 0 Å². The second-order valence-electron chi connectivity index (χ2n) is 7.08. The van der Waals surface area contributed by atoms with E-state index in [0.717, 1.165) is 11.1 Å². The molecular formula is C23H23N3O5. The summed E-state index contributed by atoms with van der Waals surface area (Å²) in [4.78, 5) is 41.6. The summed E-state index contributed by atoms with van der Waals surface area (Å²) in [5.41, 5.74) is 2.67. The van der Waals surface area contributed by atoms with Crippen molar-refractivity contribution in [1.29, 1.82) is 0 Å². The fraction of sp³-hybridized carbons (Fsp3) is 0.217. The molecule has 2 amide bonds. The highest BCUT2D eigenvalue weighted by Crippen LogP contribution is 2.28. The third-order valence-electron chi connectivity index (χ3n) is 4.49. The van der Waals surface area contributed by atoms with Gasteiger partial charge in [0, 0.05) is 19.7 Å². The first-order valence-corrected chi connectivity index (χ1v) is 9.61. The van der Waals surface area contributed by atoms with E-state index in [1.165, 1.54) is 4.90 Å². The number of aromatic nitrogens is 1. The Kier molecular flexibility index (Phi) is 6.81. The number of benzene rings is 2. The first kappa shape index (κ1) is 21.8. The van der Waals surface area contributed by atoms with Crippen molar-refractivity contribution < 1.29 is 23.5 Å². The minimum atomic E-state index is -0.695. The van der Waals surface area contributed by atoms with E-state index in [1.54, 1.807) is 44.6 Å². The van der Waals surface area contributed by atoms with E-state index in [9.17, 15) is 14.4 Å². The molecule has 1 aromatic heterocycles. The number of ether oxygens (including phenoxy) is 1. The van der Waals surface area contributed by atoms with Crippen molar-refractivity contribution in [2.45, 2.75) is 6.92 Å². The lowest BCUT2D eigenvalue weighted by Crippen LogP contribution is -2.38. The van der Waals surface area contributed by atoms with Gasteiger partial charge < -0.3 is 19.4 Å². The summed E-state index contributed by atoms with van der Waals surface area (Å²) in [6, 6.07) is 14.5. The van der Waals surface area contributed by atoms with Crippen LogP contribution in [-0.2, 0) is 14.3 Å². The maximum atomic E-state index is 12.6. The van der Waals surface area contributed by atoms with Gasteiger partial charge in [-0.15, -0.1) is 0 Å². The van der Waals surface area contributed by atoms with Crippen LogP contribution in [0.3, 0.4) is 0 Å². The van der Waals surface area contributed by atoms with Crippen molar-refractivity contribution in [2.24, 2.45) is 0 Å². The van der Waals surface area contributed by atoms with Gasteiger partial charge in [0.1, 0.15) is 0 Å². The molecule has 0 saturated heterocycles. The standard InChI is InChI=1S/C23H23N3O5/c1-15-8-10-16(11-9-15)19-12-25-22(31-19)17-6-4-5-7-18(17)23(29)30-14-20(27)24-13-21(28)26(2)3/h4-12H,13-14H2,1-3H3,(H,24,27). The zero-order chi connectivity index (χ0) is 22.4. The van der Waals surface area contributed by atoms with Gasteiger partial charge in [-0.1, -0.05) is 42.0 Å². The molecule has 0 aliphatic carbocycles. The molecule has 0 bridgehead atoms. The Morgan fingerprint density at radius 2 is 1.77 bits per heavy atom. The molecule has 31 heavy (non-hydrogen) atoms. The summed E-state index contributed by atoms with van der Waals surface area (Å²) in [5.74, 6) is -0.691. The van der Waals surface area contributed by atoms with Crippen LogP contribution >= 0.6 is 0 Å². The number of esters is 1. The first-order valence-electron chi connectivity index (χ1n) is 9.61. The van der Waals surface area contributed by atoms with Crippen LogP contribution in [0.15, 0.2) is 59.1 Å². The quantitative estimate of drug-likeness (QED) is 0.589. The van der Waals surface area contributed by atoms with Gasteiger partial charge >= 0.3 is 5.97 Å². The van der Waals surface area contributed by atoms with Crippen molar-refractivity contribution in [3.8, 4) is 22.8 Å². The van der Waals surface area contributed by atoms with Crippen LogP contribution in [-0.4, -0.2) is 54.9 Å². The molecule has 3 rings (SSSR count). The summed E-state index contributed by atoms with van der Waals surface area (Å²) in [6.45, 7) is 1.32. The minimum Gasteiger partial charge on any atom is -0.452 e. The van der Waals surface area contributed by atoms with Gasteiger partial charge in [0.15, 0.2) is 12.4 Å². The molecule has 0 aliphatic heterocycles. The maximum Gasteiger partial charge on any atom is 0.339 e. The van der Waals surface area contributed by atoms with Crippen molar-refractivity contribution in [1.82, 2.24) is 15.2 Å². The number of hydrogen-bond acceptors (Lipinski definition) is 6. The molecule has 0 aliphatic rings. The number of nitrogens with zero attached hydrogens (tertiary/aromatic N) is 2. The molecule has 0 saturated carbocycles. The Labute approximate surface area is 179 Å². The molecule has 0 atom stereocenters. The molecule has 0 radical (unpaired) electrons. The highest BCUT2D eigenvalue weighted by atomic mass is 16.5. The lowest BCUT2D eigenvalue weighted by molar-refractivity contribution is -0.131. The van der Waals surface area contributed by atoms with E-state index in [0.29, 0.717) is 11.3 Å². The van der Waals surface area contributed by atoms with E-state index in [-0.39, 0.29) is 23.9 Å². The Morgan fingerprint density at radius 3 is 2.48 bits per heavy atom. The van der Waals surface area contributed by atoms with Crippen molar-refractivity contribution in [3.63, 3.8) is 0 Å². The average molecular weight is 421 g/mol. The van der Waals surface area contributed by atoms with E-state index >= 15 is 0 Å². The van der Waals surface area contributed by atoms with Crippen LogP contribution in [0, 0.1) is 6.92 Å². The number of amides is 2. The normalized spacial score (nSPS) is 10.4. The third-order valence-corrected chi connectivity index (χ3v) is 4.49. The molecule has 8 nitrogen and oxygen atoms in total. The van der Waals surface area contributed by atoms with Crippen molar-refractivity contribution in [3.05, 3.63) is 65.9 Å². The van der Waals surface area contributed by atoms with Crippen LogP contribution in [0.25, 0.3) is 22.8 Å². The molecule has 160 valence electrons. The average Bonchev–Trinajstić information content (AvgIpc) is 3.26. The highest BCUT2D eigenvalue weighted by molar-refractivity contribution is 5.97. The van der Waals surface area contributed by atoms with Crippen LogP contribution in [0.5, 0.6) is 0 Å². The zero-order valence-electron chi connectivity index (χ0n) is 17.5. The lowest BCUT2D eigenvalue weighted by atomic mass is 10.1. The van der Waals surface area contributed by atoms with Gasteiger partial charge in [-0.3, -0.25) is 9.59 Å². The molecule has 3 aromatic rings. The SMILES string of the molecule is Cc1ccc(-c2cnc(-c3ccccc3C(=O)OCC(=O)NCC(=O)N(C)C)o2)cc1. The number of rotatable bonds is 7. The van der Waals surface area contributed by atoms with Gasteiger partial charge in [-0.25, -0.2) is 9.78 Å². The van der Waals surface area contributed by atoms with Gasteiger partial charge in [0.25, 0.3) is 5.91 Å². The van der Waals surface area contributed by atoms with Gasteiger partial charge in [0.2, 0.25) is 11.8 Å². The van der Waals surface area contributed by atoms with Gasteiger partial charge in [-0.2, -0.15) is 0 Å². The number of likely N-dealkylation sites (N-methyl/N-ethyl adjacent to an activating group) is 1. The molecule has 0 unspecified atom stereocenters. The number of nitrogens with one attached hydrogen (secondary N) is 1. The largest absolute Gasteiger partial charge is 0.452 e. The van der Waals surface area contributed by atoms with Crippen molar-refractivity contribution in [2.75, 3.05) is 27.2 Å². The third kappa shape index (κ3) is 5.57. The fourth-order valence-electron chi connectivity index (χ4n) is 2.69. The van der Waals surface area contributed by atoms with Gasteiger partial charge in [-0.05, 0) is 19.1 Å². The molecule has 8 heteroatoms. The molecule has 1 N–H and O–H groups in total. The van der Waals surface area contributed by atoms with Crippen LogP contribution in [0.1, 0.15) is 15.9 Å². The van der Waals surface area contributed by atoms with Gasteiger partial charge in [0.05, 0.1) is 23.9 Å². The number of carbonyl (C=O) groups is 3. The van der Waals surface area contributed by atoms with Crippen LogP contribution in [0.4, 0.5) is 0 Å². The second-order valence-corrected chi connectivity index (χ2v) is 7.08. The van der Waals surface area contributed by atoms with E-state index in [4.69, 9.17) is 9.15 Å². The van der Waals surface area contributed by atoms with E-state index < -0.39 is 18.5 Å². The maximum absolute atomic E-state index is 12.6. The first-order chi connectivity index (χ1) is 14.8. The van der Waals surface area contributed by atoms with E-state index in [2.05, 4.69) is 10.3 Å². The van der Waals surface area contributed by atoms with E-state index in [1.807, 2.05) is 31.2 Å². The molecule has 2 aromatic carbocycles. The highest BCUT2D eigenvalue weighted by Gasteiger charge is 2.19. The minimum absolute atomic E-state index is 0.169. The number of oxazole rings is 1. The smallest absolute Gasteiger partial charge is 0.339 e. The Morgan fingerprint density at radius 1 is 1.06 bits per heavy atom. The predicted molar refractivity (Wildman–Crippen MR) is 114 cm³/mol. The van der Waals surface area contributed by atoms with Crippen LogP contribution < -0.4 is 5.32 Å². The number of aryl methyl sites for hydroxylation is 1. The number of hydrogen-bond donors (Lipinski definition) is 1. The zero-order valence-corrected chi connectivity index (χ0v) is 17.5. The fourth-order valence-corrected chi connectivity index (χ4v) is 2.69.